The number of hydrogen-bond acceptors (Lipinski definition) is 3. The molecule has 3 unspecified atom stereocenters. The minimum atomic E-state index is -0.603. The van der Waals surface area contributed by atoms with Crippen molar-refractivity contribution in [1.82, 2.24) is 4.90 Å². The molecule has 3 heteroatoms. The van der Waals surface area contributed by atoms with Gasteiger partial charge in [0.2, 0.25) is 0 Å². The summed E-state index contributed by atoms with van der Waals surface area (Å²) in [6, 6.07) is 2.93. The van der Waals surface area contributed by atoms with Gasteiger partial charge in [0.25, 0.3) is 0 Å². The Morgan fingerprint density at radius 1 is 1.50 bits per heavy atom. The molecule has 2 N–H and O–H groups in total. The van der Waals surface area contributed by atoms with E-state index in [9.17, 15) is 0 Å². The highest BCUT2D eigenvalue weighted by molar-refractivity contribution is 5.03. The van der Waals surface area contributed by atoms with Gasteiger partial charge in [-0.2, -0.15) is 5.26 Å². The molecule has 0 aromatic rings. The Morgan fingerprint density at radius 3 is 2.62 bits per heavy atom. The van der Waals surface area contributed by atoms with E-state index in [1.165, 1.54) is 13.0 Å². The molecular weight excluding hydrogens is 198 g/mol. The molecule has 0 amide bonds. The summed E-state index contributed by atoms with van der Waals surface area (Å²) in [5.41, 5.74) is 5.36. The molecule has 1 heterocycles. The minimum Gasteiger partial charge on any atom is -0.313 e. The third-order valence-corrected chi connectivity index (χ3v) is 3.83. The van der Waals surface area contributed by atoms with Crippen molar-refractivity contribution < 1.29 is 0 Å². The van der Waals surface area contributed by atoms with Crippen molar-refractivity contribution in [3.63, 3.8) is 0 Å². The average molecular weight is 223 g/mol. The molecule has 0 aliphatic carbocycles. The van der Waals surface area contributed by atoms with Gasteiger partial charge in [-0.05, 0) is 45.1 Å². The summed E-state index contributed by atoms with van der Waals surface area (Å²) < 4.78 is 0. The van der Waals surface area contributed by atoms with E-state index in [-0.39, 0.29) is 0 Å². The number of nitriles is 1. The fraction of sp³-hybridized carbons (Fsp3) is 0.923. The van der Waals surface area contributed by atoms with Gasteiger partial charge in [0.15, 0.2) is 0 Å². The van der Waals surface area contributed by atoms with Crippen LogP contribution in [0.2, 0.25) is 0 Å². The lowest BCUT2D eigenvalue weighted by Crippen LogP contribution is -2.38. The highest BCUT2D eigenvalue weighted by Gasteiger charge is 2.27. The van der Waals surface area contributed by atoms with Crippen LogP contribution in [-0.4, -0.2) is 29.6 Å². The van der Waals surface area contributed by atoms with E-state index < -0.39 is 5.54 Å². The molecule has 1 rings (SSSR count). The maximum Gasteiger partial charge on any atom is 0.104 e. The zero-order valence-electron chi connectivity index (χ0n) is 10.9. The molecule has 1 aliphatic rings. The van der Waals surface area contributed by atoms with Gasteiger partial charge >= 0.3 is 0 Å². The van der Waals surface area contributed by atoms with Crippen LogP contribution in [0.25, 0.3) is 0 Å². The minimum absolute atomic E-state index is 0.603. The molecule has 1 fully saturated rings. The number of nitrogens with zero attached hydrogens (tertiary/aromatic N) is 2. The first kappa shape index (κ1) is 13.5. The van der Waals surface area contributed by atoms with Crippen LogP contribution in [0.4, 0.5) is 0 Å². The Balaban J connectivity index is 2.28. The molecule has 3 atom stereocenters. The summed E-state index contributed by atoms with van der Waals surface area (Å²) in [5, 5.41) is 8.98. The van der Waals surface area contributed by atoms with Crippen molar-refractivity contribution in [2.24, 2.45) is 11.7 Å². The first-order valence-corrected chi connectivity index (χ1v) is 6.45. The molecule has 1 saturated heterocycles. The van der Waals surface area contributed by atoms with Crippen LogP contribution in [0.5, 0.6) is 0 Å². The first-order valence-electron chi connectivity index (χ1n) is 6.45. The van der Waals surface area contributed by atoms with Crippen LogP contribution < -0.4 is 5.73 Å². The Kier molecular flexibility index (Phi) is 4.76. The Hall–Kier alpha value is -0.590. The van der Waals surface area contributed by atoms with Crippen LogP contribution >= 0.6 is 0 Å². The van der Waals surface area contributed by atoms with E-state index in [2.05, 4.69) is 24.8 Å². The van der Waals surface area contributed by atoms with Gasteiger partial charge in [0.05, 0.1) is 6.07 Å². The predicted octanol–water partition coefficient (Wildman–Crippen LogP) is 2.13. The van der Waals surface area contributed by atoms with Gasteiger partial charge in [0, 0.05) is 12.6 Å². The standard InChI is InChI=1S/C13H25N3/c1-4-13(15,10-14)6-5-7-16-9-11(2)8-12(16)3/h11-12H,4-9,15H2,1-3H3. The Labute approximate surface area is 99.6 Å². The molecule has 3 nitrogen and oxygen atoms in total. The molecule has 16 heavy (non-hydrogen) atoms. The van der Waals surface area contributed by atoms with Gasteiger partial charge in [-0.15, -0.1) is 0 Å². The fourth-order valence-electron chi connectivity index (χ4n) is 2.61. The number of nitrogens with two attached hydrogens (primary N) is 1. The Morgan fingerprint density at radius 2 is 2.19 bits per heavy atom. The SMILES string of the molecule is CCC(N)(C#N)CCCN1CC(C)CC1C. The van der Waals surface area contributed by atoms with Crippen LogP contribution in [0, 0.1) is 17.2 Å². The van der Waals surface area contributed by atoms with E-state index in [0.717, 1.165) is 31.7 Å². The zero-order valence-corrected chi connectivity index (χ0v) is 10.9. The third kappa shape index (κ3) is 3.47. The van der Waals surface area contributed by atoms with Crippen molar-refractivity contribution >= 4 is 0 Å². The zero-order chi connectivity index (χ0) is 12.2. The van der Waals surface area contributed by atoms with Crippen molar-refractivity contribution in [3.8, 4) is 6.07 Å². The highest BCUT2D eigenvalue weighted by atomic mass is 15.2. The summed E-state index contributed by atoms with van der Waals surface area (Å²) in [6.07, 6.45) is 3.90. The van der Waals surface area contributed by atoms with E-state index in [4.69, 9.17) is 11.0 Å². The predicted molar refractivity (Wildman–Crippen MR) is 66.9 cm³/mol. The summed E-state index contributed by atoms with van der Waals surface area (Å²) >= 11 is 0. The number of likely N-dealkylation sites (tertiary alicyclic amines) is 1. The second kappa shape index (κ2) is 5.65. The second-order valence-corrected chi connectivity index (χ2v) is 5.41. The molecular formula is C13H25N3. The molecule has 0 radical (unpaired) electrons. The average Bonchev–Trinajstić information content (AvgIpc) is 2.57. The van der Waals surface area contributed by atoms with Crippen LogP contribution in [0.3, 0.4) is 0 Å². The highest BCUT2D eigenvalue weighted by Crippen LogP contribution is 2.23. The molecule has 0 aromatic heterocycles. The Bertz CT molecular complexity index is 258. The third-order valence-electron chi connectivity index (χ3n) is 3.83. The normalized spacial score (nSPS) is 29.9. The lowest BCUT2D eigenvalue weighted by Gasteiger charge is -2.24. The van der Waals surface area contributed by atoms with Crippen LogP contribution in [0.15, 0.2) is 0 Å². The molecule has 0 bridgehead atoms. The van der Waals surface area contributed by atoms with Gasteiger partial charge in [-0.3, -0.25) is 0 Å². The fourth-order valence-corrected chi connectivity index (χ4v) is 2.61. The first-order chi connectivity index (χ1) is 7.50. The van der Waals surface area contributed by atoms with Crippen molar-refractivity contribution in [2.45, 2.75) is 58.0 Å². The van der Waals surface area contributed by atoms with Crippen LogP contribution in [0.1, 0.15) is 46.5 Å². The lowest BCUT2D eigenvalue weighted by atomic mass is 9.93. The summed E-state index contributed by atoms with van der Waals surface area (Å²) in [5.74, 6) is 0.819. The molecule has 0 saturated carbocycles. The lowest BCUT2D eigenvalue weighted by molar-refractivity contribution is 0.252. The van der Waals surface area contributed by atoms with Crippen LogP contribution in [-0.2, 0) is 0 Å². The van der Waals surface area contributed by atoms with Gasteiger partial charge in [-0.25, -0.2) is 0 Å². The van der Waals surface area contributed by atoms with Crippen molar-refractivity contribution in [3.05, 3.63) is 0 Å². The monoisotopic (exact) mass is 223 g/mol. The summed E-state index contributed by atoms with van der Waals surface area (Å²) in [7, 11) is 0. The van der Waals surface area contributed by atoms with Gasteiger partial charge < -0.3 is 10.6 Å². The molecule has 0 aromatic carbocycles. The smallest absolute Gasteiger partial charge is 0.104 e. The maximum atomic E-state index is 8.98. The van der Waals surface area contributed by atoms with E-state index in [1.54, 1.807) is 0 Å². The van der Waals surface area contributed by atoms with Gasteiger partial charge in [-0.1, -0.05) is 13.8 Å². The topological polar surface area (TPSA) is 53.1 Å². The van der Waals surface area contributed by atoms with E-state index >= 15 is 0 Å². The number of rotatable bonds is 5. The second-order valence-electron chi connectivity index (χ2n) is 5.41. The maximum absolute atomic E-state index is 8.98. The molecule has 0 spiro atoms. The molecule has 1 aliphatic heterocycles. The van der Waals surface area contributed by atoms with Gasteiger partial charge in [0.1, 0.15) is 5.54 Å². The van der Waals surface area contributed by atoms with E-state index in [0.29, 0.717) is 6.04 Å². The molecule has 92 valence electrons. The quantitative estimate of drug-likeness (QED) is 0.777. The van der Waals surface area contributed by atoms with E-state index in [1.807, 2.05) is 6.92 Å². The van der Waals surface area contributed by atoms with Crippen molar-refractivity contribution in [1.29, 1.82) is 5.26 Å². The summed E-state index contributed by atoms with van der Waals surface area (Å²) in [6.45, 7) is 8.89. The summed E-state index contributed by atoms with van der Waals surface area (Å²) in [4.78, 5) is 2.53. The van der Waals surface area contributed by atoms with Crippen molar-refractivity contribution in [2.75, 3.05) is 13.1 Å². The number of hydrogen-bond donors (Lipinski definition) is 1. The largest absolute Gasteiger partial charge is 0.313 e.